The molecule has 8 nitrogen and oxygen atoms in total. The molecule has 1 N–H and O–H groups in total. The first kappa shape index (κ1) is 19.9. The molecule has 0 aliphatic carbocycles. The number of nitrogens with one attached hydrogen (secondary N) is 1. The Bertz CT molecular complexity index is 950. The monoisotopic (exact) mass is 405 g/mol. The van der Waals surface area contributed by atoms with Crippen LogP contribution in [0.2, 0.25) is 0 Å². The van der Waals surface area contributed by atoms with Crippen LogP contribution >= 0.6 is 0 Å². The third kappa shape index (κ3) is 4.53. The van der Waals surface area contributed by atoms with E-state index in [0.717, 1.165) is 12.0 Å². The Morgan fingerprint density at radius 1 is 1.32 bits per heavy atom. The third-order valence-corrected chi connectivity index (χ3v) is 5.39. The maximum atomic E-state index is 12.6. The van der Waals surface area contributed by atoms with Crippen LogP contribution in [0.3, 0.4) is 0 Å². The molecular weight excluding hydrogens is 382 g/mol. The van der Waals surface area contributed by atoms with Crippen LogP contribution in [0.25, 0.3) is 0 Å². The highest BCUT2D eigenvalue weighted by atomic mass is 32.2. The van der Waals surface area contributed by atoms with Crippen molar-refractivity contribution in [2.24, 2.45) is 4.40 Å². The number of hydrogen-bond donors (Lipinski definition) is 1. The van der Waals surface area contributed by atoms with Gasteiger partial charge < -0.3 is 19.7 Å². The molecule has 9 heteroatoms. The minimum Gasteiger partial charge on any atom is -0.493 e. The summed E-state index contributed by atoms with van der Waals surface area (Å²) >= 11 is 0. The first-order valence-corrected chi connectivity index (χ1v) is 10.6. The zero-order chi connectivity index (χ0) is 20.1. The minimum absolute atomic E-state index is 0.0675. The van der Waals surface area contributed by atoms with Gasteiger partial charge in [-0.2, -0.15) is 0 Å². The van der Waals surface area contributed by atoms with Gasteiger partial charge in [-0.05, 0) is 36.3 Å². The van der Waals surface area contributed by atoms with Gasteiger partial charge in [-0.3, -0.25) is 4.79 Å². The highest BCUT2D eigenvalue weighted by Crippen LogP contribution is 2.28. The second-order valence-corrected chi connectivity index (χ2v) is 8.09. The highest BCUT2D eigenvalue weighted by Gasteiger charge is 2.29. The maximum absolute atomic E-state index is 12.6. The van der Waals surface area contributed by atoms with Crippen molar-refractivity contribution in [3.8, 4) is 11.5 Å². The summed E-state index contributed by atoms with van der Waals surface area (Å²) in [6.45, 7) is 3.15. The van der Waals surface area contributed by atoms with Crippen LogP contribution < -0.4 is 14.8 Å². The van der Waals surface area contributed by atoms with Gasteiger partial charge in [0.15, 0.2) is 17.3 Å². The van der Waals surface area contributed by atoms with Crippen LogP contribution in [0, 0.1) is 0 Å². The topological polar surface area (TPSA) is 97.3 Å². The van der Waals surface area contributed by atoms with Crippen molar-refractivity contribution in [2.75, 3.05) is 26.0 Å². The third-order valence-electron chi connectivity index (χ3n) is 4.24. The molecule has 1 aromatic rings. The summed E-state index contributed by atoms with van der Waals surface area (Å²) in [7, 11) is -1.99. The summed E-state index contributed by atoms with van der Waals surface area (Å²) in [5.74, 6) is 0.940. The van der Waals surface area contributed by atoms with E-state index in [0.29, 0.717) is 18.1 Å². The zero-order valence-corrected chi connectivity index (χ0v) is 16.7. The van der Waals surface area contributed by atoms with Crippen LogP contribution in [0.4, 0.5) is 0 Å². The van der Waals surface area contributed by atoms with Gasteiger partial charge in [0.05, 0.1) is 25.0 Å². The number of allylic oxidation sites excluding steroid dienone is 2. The predicted octanol–water partition coefficient (Wildman–Crippen LogP) is 1.60. The molecule has 3 rings (SSSR count). The number of amides is 1. The smallest absolute Gasteiger partial charge is 0.256 e. The Morgan fingerprint density at radius 3 is 2.89 bits per heavy atom. The molecule has 150 valence electrons. The van der Waals surface area contributed by atoms with Crippen LogP contribution in [0.15, 0.2) is 46.5 Å². The van der Waals surface area contributed by atoms with Crippen molar-refractivity contribution in [2.45, 2.75) is 19.9 Å². The normalized spacial score (nSPS) is 17.3. The molecule has 2 aliphatic rings. The molecule has 0 unspecified atom stereocenters. The number of carbonyl (C=O) groups is 1. The van der Waals surface area contributed by atoms with E-state index in [9.17, 15) is 13.2 Å². The van der Waals surface area contributed by atoms with Crippen LogP contribution in [0.5, 0.6) is 11.5 Å². The molecule has 0 saturated heterocycles. The summed E-state index contributed by atoms with van der Waals surface area (Å²) in [4.78, 5) is 14.3. The lowest BCUT2D eigenvalue weighted by Crippen LogP contribution is -2.42. The first-order chi connectivity index (χ1) is 13.4. The summed E-state index contributed by atoms with van der Waals surface area (Å²) in [6, 6.07) is 5.45. The van der Waals surface area contributed by atoms with Crippen LogP contribution in [0.1, 0.15) is 18.9 Å². The largest absolute Gasteiger partial charge is 0.493 e. The fourth-order valence-electron chi connectivity index (χ4n) is 2.82. The number of carbonyl (C=O) groups excluding carboxylic acids is 1. The van der Waals surface area contributed by atoms with E-state index in [1.165, 1.54) is 0 Å². The molecule has 0 spiro atoms. The van der Waals surface area contributed by atoms with Gasteiger partial charge >= 0.3 is 0 Å². The highest BCUT2D eigenvalue weighted by molar-refractivity contribution is 7.90. The van der Waals surface area contributed by atoms with Gasteiger partial charge in [-0.25, -0.2) is 8.42 Å². The molecule has 0 bridgehead atoms. The fraction of sp³-hybridized carbons (Fsp3) is 0.368. The van der Waals surface area contributed by atoms with Gasteiger partial charge in [0, 0.05) is 19.3 Å². The summed E-state index contributed by atoms with van der Waals surface area (Å²) < 4.78 is 38.3. The maximum Gasteiger partial charge on any atom is 0.256 e. The number of nitrogens with zero attached hydrogens (tertiary/aromatic N) is 2. The molecule has 0 atom stereocenters. The lowest BCUT2D eigenvalue weighted by molar-refractivity contribution is -0.117. The van der Waals surface area contributed by atoms with E-state index in [2.05, 4.69) is 9.71 Å². The number of amidine groups is 1. The van der Waals surface area contributed by atoms with Crippen LogP contribution in [-0.4, -0.2) is 51.1 Å². The molecule has 1 amide bonds. The van der Waals surface area contributed by atoms with E-state index in [-0.39, 0.29) is 30.3 Å². The van der Waals surface area contributed by atoms with Crippen molar-refractivity contribution < 1.29 is 22.7 Å². The molecule has 0 saturated carbocycles. The SMILES string of the molecule is CCCOc1ccc(CNC(=O)C2=CC=CN3CCS(=O)(=O)N=C23)cc1OC. The van der Waals surface area contributed by atoms with E-state index in [4.69, 9.17) is 9.47 Å². The van der Waals surface area contributed by atoms with E-state index in [1.807, 2.05) is 13.0 Å². The van der Waals surface area contributed by atoms with Crippen molar-refractivity contribution in [3.05, 3.63) is 47.7 Å². The number of methoxy groups -OCH3 is 1. The molecule has 28 heavy (non-hydrogen) atoms. The Labute approximate surface area is 164 Å². The van der Waals surface area contributed by atoms with Gasteiger partial charge in [0.25, 0.3) is 15.9 Å². The summed E-state index contributed by atoms with van der Waals surface area (Å²) in [6.07, 6.45) is 5.87. The molecular formula is C19H23N3O5S. The lowest BCUT2D eigenvalue weighted by atomic mass is 10.1. The van der Waals surface area contributed by atoms with Crippen molar-refractivity contribution >= 4 is 21.8 Å². The number of benzene rings is 1. The van der Waals surface area contributed by atoms with E-state index < -0.39 is 15.9 Å². The average molecular weight is 405 g/mol. The fourth-order valence-corrected chi connectivity index (χ4v) is 3.81. The standard InChI is InChI=1S/C19H23N3O5S/c1-3-10-27-16-7-6-14(12-17(16)26-2)13-20-19(23)15-5-4-8-22-9-11-28(24,25)21-18(15)22/h4-8,12H,3,9-11,13H2,1-2H3,(H,20,23). The first-order valence-electron chi connectivity index (χ1n) is 8.99. The summed E-state index contributed by atoms with van der Waals surface area (Å²) in [5.41, 5.74) is 1.05. The van der Waals surface area contributed by atoms with Crippen molar-refractivity contribution in [1.29, 1.82) is 0 Å². The number of sulfonamides is 1. The van der Waals surface area contributed by atoms with Crippen molar-refractivity contribution in [1.82, 2.24) is 10.2 Å². The number of fused-ring (bicyclic) bond motifs is 1. The second kappa shape index (κ2) is 8.47. The van der Waals surface area contributed by atoms with Gasteiger partial charge in [0.1, 0.15) is 0 Å². The molecule has 2 heterocycles. The quantitative estimate of drug-likeness (QED) is 0.740. The van der Waals surface area contributed by atoms with Gasteiger partial charge in [0.2, 0.25) is 0 Å². The van der Waals surface area contributed by atoms with Crippen LogP contribution in [-0.2, 0) is 21.4 Å². The second-order valence-electron chi connectivity index (χ2n) is 6.33. The number of ether oxygens (including phenoxy) is 2. The Morgan fingerprint density at radius 2 is 2.14 bits per heavy atom. The summed E-state index contributed by atoms with van der Waals surface area (Å²) in [5, 5.41) is 2.80. The Kier molecular flexibility index (Phi) is 6.03. The molecule has 2 aliphatic heterocycles. The number of hydrogen-bond acceptors (Lipinski definition) is 6. The lowest BCUT2D eigenvalue weighted by Gasteiger charge is -2.28. The van der Waals surface area contributed by atoms with E-state index in [1.54, 1.807) is 42.5 Å². The van der Waals surface area contributed by atoms with E-state index >= 15 is 0 Å². The molecule has 0 aromatic heterocycles. The zero-order valence-electron chi connectivity index (χ0n) is 15.8. The van der Waals surface area contributed by atoms with Crippen molar-refractivity contribution in [3.63, 3.8) is 0 Å². The average Bonchev–Trinajstić information content (AvgIpc) is 2.69. The minimum atomic E-state index is -3.55. The Hall–Kier alpha value is -2.81. The molecule has 0 fully saturated rings. The van der Waals surface area contributed by atoms with Gasteiger partial charge in [-0.1, -0.05) is 13.0 Å². The molecule has 0 radical (unpaired) electrons. The Balaban J connectivity index is 1.71. The predicted molar refractivity (Wildman–Crippen MR) is 106 cm³/mol. The molecule has 1 aromatic carbocycles. The van der Waals surface area contributed by atoms with Gasteiger partial charge in [-0.15, -0.1) is 4.40 Å². The number of rotatable bonds is 7.